The van der Waals surface area contributed by atoms with E-state index in [0.29, 0.717) is 11.1 Å². The summed E-state index contributed by atoms with van der Waals surface area (Å²) in [5.74, 6) is 0. The zero-order chi connectivity index (χ0) is 15.0. The fourth-order valence-electron chi connectivity index (χ4n) is 2.11. The molecule has 2 nitrogen and oxygen atoms in total. The molecule has 4 heteroatoms. The number of hydrogen-bond acceptors (Lipinski definition) is 2. The van der Waals surface area contributed by atoms with E-state index in [2.05, 4.69) is 45.2 Å². The maximum Gasteiger partial charge on any atom is 0.119 e. The topological polar surface area (TPSA) is 40.5 Å². The van der Waals surface area contributed by atoms with E-state index in [1.54, 1.807) is 13.8 Å². The fourth-order valence-corrected chi connectivity index (χ4v) is 2.83. The molecule has 2 atom stereocenters. The molecule has 20 heavy (non-hydrogen) atoms. The minimum atomic E-state index is -1.37. The van der Waals surface area contributed by atoms with Crippen molar-refractivity contribution in [1.82, 2.24) is 0 Å². The molecule has 0 radical (unpaired) electrons. The molecule has 0 bridgehead atoms. The van der Waals surface area contributed by atoms with Gasteiger partial charge < -0.3 is 10.2 Å². The highest BCUT2D eigenvalue weighted by Gasteiger charge is 2.44. The van der Waals surface area contributed by atoms with Crippen LogP contribution in [0.2, 0.25) is 0 Å². The molecule has 0 aliphatic carbocycles. The SMILES string of the molecule is C[C@@](O)(c1ccc(I)cc1)[C@](C)(O)c1ccc(I)cc1. The Kier molecular flexibility index (Phi) is 4.78. The number of hydrogen-bond donors (Lipinski definition) is 2. The van der Waals surface area contributed by atoms with Crippen molar-refractivity contribution in [3.63, 3.8) is 0 Å². The Morgan fingerprint density at radius 1 is 0.650 bits per heavy atom. The van der Waals surface area contributed by atoms with Crippen LogP contribution < -0.4 is 0 Å². The monoisotopic (exact) mass is 494 g/mol. The minimum Gasteiger partial charge on any atom is -0.382 e. The molecule has 2 aromatic rings. The number of benzene rings is 2. The summed E-state index contributed by atoms with van der Waals surface area (Å²) >= 11 is 4.43. The lowest BCUT2D eigenvalue weighted by atomic mass is 9.76. The average molecular weight is 494 g/mol. The lowest BCUT2D eigenvalue weighted by Crippen LogP contribution is -2.45. The van der Waals surface area contributed by atoms with Crippen LogP contribution in [0.3, 0.4) is 0 Å². The van der Waals surface area contributed by atoms with Crippen LogP contribution in [0.5, 0.6) is 0 Å². The normalized spacial score (nSPS) is 17.3. The third-order valence-corrected chi connectivity index (χ3v) is 5.20. The van der Waals surface area contributed by atoms with E-state index in [1.165, 1.54) is 0 Å². The van der Waals surface area contributed by atoms with Crippen LogP contribution in [0.1, 0.15) is 25.0 Å². The van der Waals surface area contributed by atoms with Crippen LogP contribution in [0.25, 0.3) is 0 Å². The Labute approximate surface area is 146 Å². The molecule has 0 saturated carbocycles. The lowest BCUT2D eigenvalue weighted by Gasteiger charge is -2.39. The molecule has 2 aromatic carbocycles. The predicted octanol–water partition coefficient (Wildman–Crippen LogP) is 4.01. The van der Waals surface area contributed by atoms with Gasteiger partial charge in [0.05, 0.1) is 0 Å². The number of halogens is 2. The second kappa shape index (κ2) is 5.90. The summed E-state index contributed by atoms with van der Waals surface area (Å²) in [6.45, 7) is 3.29. The van der Waals surface area contributed by atoms with Crippen molar-refractivity contribution < 1.29 is 10.2 Å². The number of rotatable bonds is 3. The van der Waals surface area contributed by atoms with Crippen molar-refractivity contribution in [3.8, 4) is 0 Å². The molecule has 0 aromatic heterocycles. The summed E-state index contributed by atoms with van der Waals surface area (Å²) in [5.41, 5.74) is -1.35. The van der Waals surface area contributed by atoms with Gasteiger partial charge in [-0.3, -0.25) is 0 Å². The van der Waals surface area contributed by atoms with Gasteiger partial charge in [0, 0.05) is 7.14 Å². The first-order valence-electron chi connectivity index (χ1n) is 6.22. The van der Waals surface area contributed by atoms with Crippen molar-refractivity contribution in [3.05, 3.63) is 66.8 Å². The molecule has 106 valence electrons. The molecular formula is C16H16I2O2. The molecular weight excluding hydrogens is 478 g/mol. The molecule has 0 amide bonds. The van der Waals surface area contributed by atoms with Crippen LogP contribution >= 0.6 is 45.2 Å². The van der Waals surface area contributed by atoms with E-state index in [4.69, 9.17) is 0 Å². The van der Waals surface area contributed by atoms with Crippen molar-refractivity contribution >= 4 is 45.2 Å². The molecule has 0 aliphatic rings. The van der Waals surface area contributed by atoms with Gasteiger partial charge in [-0.15, -0.1) is 0 Å². The molecule has 0 saturated heterocycles. The van der Waals surface area contributed by atoms with E-state index in [0.717, 1.165) is 7.14 Å². The van der Waals surface area contributed by atoms with Crippen LogP contribution in [0.4, 0.5) is 0 Å². The summed E-state index contributed by atoms with van der Waals surface area (Å²) in [4.78, 5) is 0. The van der Waals surface area contributed by atoms with E-state index >= 15 is 0 Å². The summed E-state index contributed by atoms with van der Waals surface area (Å²) in [7, 11) is 0. The molecule has 0 aliphatic heterocycles. The Morgan fingerprint density at radius 3 is 1.15 bits per heavy atom. The van der Waals surface area contributed by atoms with Crippen molar-refractivity contribution in [1.29, 1.82) is 0 Å². The first-order valence-corrected chi connectivity index (χ1v) is 8.38. The Balaban J connectivity index is 2.45. The second-order valence-electron chi connectivity index (χ2n) is 5.16. The van der Waals surface area contributed by atoms with Gasteiger partial charge in [0.1, 0.15) is 11.2 Å². The van der Waals surface area contributed by atoms with Crippen molar-refractivity contribution in [2.75, 3.05) is 0 Å². The maximum atomic E-state index is 10.9. The van der Waals surface area contributed by atoms with E-state index in [1.807, 2.05) is 48.5 Å². The van der Waals surface area contributed by atoms with Crippen LogP contribution in [0.15, 0.2) is 48.5 Å². The van der Waals surface area contributed by atoms with E-state index in [9.17, 15) is 10.2 Å². The van der Waals surface area contributed by atoms with Gasteiger partial charge in [0.2, 0.25) is 0 Å². The molecule has 0 unspecified atom stereocenters. The highest BCUT2D eigenvalue weighted by atomic mass is 127. The van der Waals surface area contributed by atoms with Gasteiger partial charge in [0.25, 0.3) is 0 Å². The molecule has 2 rings (SSSR count). The lowest BCUT2D eigenvalue weighted by molar-refractivity contribution is -0.143. The smallest absolute Gasteiger partial charge is 0.119 e. The largest absolute Gasteiger partial charge is 0.382 e. The highest BCUT2D eigenvalue weighted by molar-refractivity contribution is 14.1. The highest BCUT2D eigenvalue weighted by Crippen LogP contribution is 2.40. The quantitative estimate of drug-likeness (QED) is 0.634. The van der Waals surface area contributed by atoms with Gasteiger partial charge in [-0.1, -0.05) is 24.3 Å². The maximum absolute atomic E-state index is 10.9. The molecule has 0 heterocycles. The van der Waals surface area contributed by atoms with E-state index in [-0.39, 0.29) is 0 Å². The van der Waals surface area contributed by atoms with Gasteiger partial charge in [0.15, 0.2) is 0 Å². The predicted molar refractivity (Wildman–Crippen MR) is 97.5 cm³/mol. The van der Waals surface area contributed by atoms with Crippen LogP contribution in [-0.2, 0) is 11.2 Å². The van der Waals surface area contributed by atoms with Crippen molar-refractivity contribution in [2.45, 2.75) is 25.0 Å². The number of aliphatic hydroxyl groups is 2. The van der Waals surface area contributed by atoms with Crippen molar-refractivity contribution in [2.24, 2.45) is 0 Å². The minimum absolute atomic E-state index is 0.696. The van der Waals surface area contributed by atoms with Crippen LogP contribution in [-0.4, -0.2) is 10.2 Å². The Hall–Kier alpha value is -0.180. The van der Waals surface area contributed by atoms with Crippen LogP contribution in [0, 0.1) is 7.14 Å². The van der Waals surface area contributed by atoms with Gasteiger partial charge in [-0.25, -0.2) is 0 Å². The molecule has 2 N–H and O–H groups in total. The third kappa shape index (κ3) is 3.03. The van der Waals surface area contributed by atoms with Gasteiger partial charge >= 0.3 is 0 Å². The zero-order valence-electron chi connectivity index (χ0n) is 11.3. The zero-order valence-corrected chi connectivity index (χ0v) is 15.6. The fraction of sp³-hybridized carbons (Fsp3) is 0.250. The standard InChI is InChI=1S/C16H16I2O2/c1-15(19,11-3-7-13(17)8-4-11)16(2,20)12-5-9-14(18)10-6-12/h3-10,19-20H,1-2H3/t15-,16-/m1/s1. The van der Waals surface area contributed by atoms with Gasteiger partial charge in [-0.05, 0) is 94.4 Å². The summed E-state index contributed by atoms with van der Waals surface area (Å²) in [6, 6.07) is 15.1. The second-order valence-corrected chi connectivity index (χ2v) is 7.65. The summed E-state index contributed by atoms with van der Waals surface area (Å²) in [5, 5.41) is 21.7. The van der Waals surface area contributed by atoms with Gasteiger partial charge in [-0.2, -0.15) is 0 Å². The summed E-state index contributed by atoms with van der Waals surface area (Å²) in [6.07, 6.45) is 0. The Morgan fingerprint density at radius 2 is 0.900 bits per heavy atom. The molecule has 0 spiro atoms. The first kappa shape index (κ1) is 16.2. The Bertz CT molecular complexity index is 531. The van der Waals surface area contributed by atoms with E-state index < -0.39 is 11.2 Å². The first-order chi connectivity index (χ1) is 9.25. The molecule has 0 fully saturated rings. The third-order valence-electron chi connectivity index (χ3n) is 3.76. The average Bonchev–Trinajstić information content (AvgIpc) is 2.39. The summed E-state index contributed by atoms with van der Waals surface area (Å²) < 4.78 is 2.19.